The van der Waals surface area contributed by atoms with Crippen LogP contribution in [0.15, 0.2) is 48.9 Å². The van der Waals surface area contributed by atoms with Crippen molar-refractivity contribution in [3.63, 3.8) is 0 Å². The Hall–Kier alpha value is -3.09. The van der Waals surface area contributed by atoms with Gasteiger partial charge in [-0.25, -0.2) is 14.8 Å². The normalized spacial score (nSPS) is 19.8. The third kappa shape index (κ3) is 3.86. The molecule has 0 bridgehead atoms. The second-order valence-corrected chi connectivity index (χ2v) is 6.92. The van der Waals surface area contributed by atoms with E-state index in [2.05, 4.69) is 27.2 Å². The van der Waals surface area contributed by atoms with Crippen LogP contribution >= 0.6 is 0 Å². The minimum Gasteiger partial charge on any atom is -0.445 e. The molecule has 7 heteroatoms. The minimum absolute atomic E-state index is 0.124. The van der Waals surface area contributed by atoms with E-state index >= 15 is 0 Å². The van der Waals surface area contributed by atoms with Crippen LogP contribution in [0, 0.1) is 0 Å². The number of benzene rings is 1. The summed E-state index contributed by atoms with van der Waals surface area (Å²) in [7, 11) is 0. The molecule has 1 amide bonds. The standard InChI is InChI=1S/C20H23N5O2/c1-14-7-8-16(24-19-17-9-10-21-18(17)22-13-23-19)11-25(14)20(26)27-12-15-5-3-2-4-6-15/h2-6,9-10,13-14,16H,7-8,11-12H2,1H3,(H2,21,22,23,24)/t14-,16+/m0/s1. The summed E-state index contributed by atoms with van der Waals surface area (Å²) >= 11 is 0. The quantitative estimate of drug-likeness (QED) is 0.739. The Labute approximate surface area is 157 Å². The van der Waals surface area contributed by atoms with Gasteiger partial charge in [0.05, 0.1) is 5.39 Å². The lowest BCUT2D eigenvalue weighted by atomic mass is 10.00. The highest BCUT2D eigenvalue weighted by molar-refractivity contribution is 5.86. The van der Waals surface area contributed by atoms with E-state index in [4.69, 9.17) is 4.74 Å². The van der Waals surface area contributed by atoms with Gasteiger partial charge >= 0.3 is 6.09 Å². The second kappa shape index (κ2) is 7.65. The summed E-state index contributed by atoms with van der Waals surface area (Å²) < 4.78 is 5.52. The zero-order valence-electron chi connectivity index (χ0n) is 15.3. The smallest absolute Gasteiger partial charge is 0.410 e. The number of likely N-dealkylation sites (tertiary alicyclic amines) is 1. The van der Waals surface area contributed by atoms with Crippen molar-refractivity contribution in [2.75, 3.05) is 11.9 Å². The van der Waals surface area contributed by atoms with Crippen LogP contribution in [0.4, 0.5) is 10.6 Å². The monoisotopic (exact) mass is 365 g/mol. The number of hydrogen-bond donors (Lipinski definition) is 2. The predicted octanol–water partition coefficient (Wildman–Crippen LogP) is 3.56. The first kappa shape index (κ1) is 17.3. The number of fused-ring (bicyclic) bond motifs is 1. The Balaban J connectivity index is 1.40. The van der Waals surface area contributed by atoms with Gasteiger partial charge in [0.2, 0.25) is 0 Å². The molecular weight excluding hydrogens is 342 g/mol. The molecule has 1 aliphatic heterocycles. The summed E-state index contributed by atoms with van der Waals surface area (Å²) in [6.45, 7) is 2.94. The number of nitrogens with zero attached hydrogens (tertiary/aromatic N) is 3. The second-order valence-electron chi connectivity index (χ2n) is 6.92. The third-order valence-corrected chi connectivity index (χ3v) is 5.02. The number of piperidine rings is 1. The maximum absolute atomic E-state index is 12.6. The van der Waals surface area contributed by atoms with E-state index in [9.17, 15) is 4.79 Å². The van der Waals surface area contributed by atoms with E-state index < -0.39 is 0 Å². The molecule has 1 fully saturated rings. The van der Waals surface area contributed by atoms with Gasteiger partial charge in [0, 0.05) is 24.8 Å². The average molecular weight is 365 g/mol. The average Bonchev–Trinajstić information content (AvgIpc) is 3.18. The van der Waals surface area contributed by atoms with Crippen LogP contribution < -0.4 is 5.32 Å². The first-order valence-corrected chi connectivity index (χ1v) is 9.22. The van der Waals surface area contributed by atoms with Crippen molar-refractivity contribution in [3.05, 3.63) is 54.5 Å². The lowest BCUT2D eigenvalue weighted by Gasteiger charge is -2.37. The van der Waals surface area contributed by atoms with Crippen molar-refractivity contribution in [1.82, 2.24) is 19.9 Å². The van der Waals surface area contributed by atoms with Crippen LogP contribution in [0.3, 0.4) is 0 Å². The topological polar surface area (TPSA) is 83.1 Å². The van der Waals surface area contributed by atoms with Crippen LogP contribution in [0.5, 0.6) is 0 Å². The summed E-state index contributed by atoms with van der Waals surface area (Å²) in [5.74, 6) is 0.790. The fourth-order valence-electron chi connectivity index (χ4n) is 3.46. The van der Waals surface area contributed by atoms with Gasteiger partial charge in [-0.3, -0.25) is 0 Å². The summed E-state index contributed by atoms with van der Waals surface area (Å²) in [6, 6.07) is 12.0. The fraction of sp³-hybridized carbons (Fsp3) is 0.350. The first-order chi connectivity index (χ1) is 13.2. The number of hydrogen-bond acceptors (Lipinski definition) is 5. The van der Waals surface area contributed by atoms with Crippen molar-refractivity contribution in [1.29, 1.82) is 0 Å². The molecular formula is C20H23N5O2. The summed E-state index contributed by atoms with van der Waals surface area (Å²) in [5.41, 5.74) is 1.79. The first-order valence-electron chi connectivity index (χ1n) is 9.22. The van der Waals surface area contributed by atoms with Crippen LogP contribution in [-0.2, 0) is 11.3 Å². The number of H-pyrrole nitrogens is 1. The molecule has 7 nitrogen and oxygen atoms in total. The fourth-order valence-corrected chi connectivity index (χ4v) is 3.46. The van der Waals surface area contributed by atoms with Crippen molar-refractivity contribution in [2.45, 2.75) is 38.5 Å². The highest BCUT2D eigenvalue weighted by atomic mass is 16.6. The Kier molecular flexibility index (Phi) is 4.91. The molecule has 27 heavy (non-hydrogen) atoms. The van der Waals surface area contributed by atoms with E-state index in [1.54, 1.807) is 11.2 Å². The third-order valence-electron chi connectivity index (χ3n) is 5.02. The highest BCUT2D eigenvalue weighted by Crippen LogP contribution is 2.24. The van der Waals surface area contributed by atoms with Gasteiger partial charge in [0.15, 0.2) is 0 Å². The molecule has 3 heterocycles. The molecule has 2 atom stereocenters. The Morgan fingerprint density at radius 2 is 2.11 bits per heavy atom. The molecule has 3 aromatic rings. The number of carbonyl (C=O) groups excluding carboxylic acids is 1. The lowest BCUT2D eigenvalue weighted by molar-refractivity contribution is 0.0696. The molecule has 0 aliphatic carbocycles. The van der Waals surface area contributed by atoms with Gasteiger partial charge in [0.25, 0.3) is 0 Å². The molecule has 1 aromatic carbocycles. The molecule has 4 rings (SSSR count). The number of aromatic amines is 1. The van der Waals surface area contributed by atoms with E-state index in [1.165, 1.54) is 0 Å². The van der Waals surface area contributed by atoms with Gasteiger partial charge in [-0.15, -0.1) is 0 Å². The molecule has 0 spiro atoms. The zero-order chi connectivity index (χ0) is 18.6. The summed E-state index contributed by atoms with van der Waals surface area (Å²) in [4.78, 5) is 26.1. The van der Waals surface area contributed by atoms with Crippen molar-refractivity contribution >= 4 is 22.9 Å². The van der Waals surface area contributed by atoms with Crippen LogP contribution in [0.25, 0.3) is 11.0 Å². The van der Waals surface area contributed by atoms with E-state index in [0.717, 1.165) is 35.3 Å². The number of anilines is 1. The van der Waals surface area contributed by atoms with Crippen molar-refractivity contribution < 1.29 is 9.53 Å². The Morgan fingerprint density at radius 3 is 2.96 bits per heavy atom. The van der Waals surface area contributed by atoms with Crippen LogP contribution in [0.1, 0.15) is 25.3 Å². The van der Waals surface area contributed by atoms with E-state index in [1.807, 2.05) is 42.6 Å². The number of aromatic nitrogens is 3. The molecule has 0 saturated carbocycles. The molecule has 140 valence electrons. The van der Waals surface area contributed by atoms with E-state index in [0.29, 0.717) is 6.54 Å². The minimum atomic E-state index is -0.271. The molecule has 1 saturated heterocycles. The van der Waals surface area contributed by atoms with Gasteiger partial charge in [-0.1, -0.05) is 30.3 Å². The Morgan fingerprint density at radius 1 is 1.26 bits per heavy atom. The number of carbonyl (C=O) groups is 1. The van der Waals surface area contributed by atoms with Gasteiger partial charge in [-0.2, -0.15) is 0 Å². The van der Waals surface area contributed by atoms with Gasteiger partial charge in [0.1, 0.15) is 24.4 Å². The van der Waals surface area contributed by atoms with Gasteiger partial charge in [-0.05, 0) is 31.4 Å². The molecule has 0 radical (unpaired) electrons. The molecule has 2 N–H and O–H groups in total. The summed E-state index contributed by atoms with van der Waals surface area (Å²) in [6.07, 6.45) is 5.01. The number of amides is 1. The largest absolute Gasteiger partial charge is 0.445 e. The van der Waals surface area contributed by atoms with Crippen LogP contribution in [-0.4, -0.2) is 44.6 Å². The molecule has 2 aromatic heterocycles. The Bertz CT molecular complexity index is 911. The highest BCUT2D eigenvalue weighted by Gasteiger charge is 2.30. The SMILES string of the molecule is C[C@H]1CC[C@@H](Nc2ncnc3[nH]ccc23)CN1C(=O)OCc1ccccc1. The predicted molar refractivity (Wildman–Crippen MR) is 103 cm³/mol. The summed E-state index contributed by atoms with van der Waals surface area (Å²) in [5, 5.41) is 4.42. The van der Waals surface area contributed by atoms with E-state index in [-0.39, 0.29) is 24.8 Å². The maximum atomic E-state index is 12.6. The van der Waals surface area contributed by atoms with Crippen LogP contribution in [0.2, 0.25) is 0 Å². The van der Waals surface area contributed by atoms with Crippen molar-refractivity contribution in [3.8, 4) is 0 Å². The lowest BCUT2D eigenvalue weighted by Crippen LogP contribution is -2.49. The number of rotatable bonds is 4. The number of ether oxygens (including phenoxy) is 1. The molecule has 0 unspecified atom stereocenters. The zero-order valence-corrected chi connectivity index (χ0v) is 15.3. The number of nitrogens with one attached hydrogen (secondary N) is 2. The van der Waals surface area contributed by atoms with Gasteiger partial charge < -0.3 is 19.9 Å². The molecule has 1 aliphatic rings. The van der Waals surface area contributed by atoms with Crippen molar-refractivity contribution in [2.24, 2.45) is 0 Å². The maximum Gasteiger partial charge on any atom is 0.410 e.